The Labute approximate surface area is 159 Å². The molecule has 0 atom stereocenters. The van der Waals surface area contributed by atoms with Crippen LogP contribution in [-0.2, 0) is 0 Å². The maximum atomic E-state index is 12.6. The normalized spacial score (nSPS) is 10.3. The Kier molecular flexibility index (Phi) is 5.71. The first-order valence-corrected chi connectivity index (χ1v) is 8.87. The molecule has 0 aliphatic carbocycles. The average molecular weight is 361 g/mol. The predicted molar refractivity (Wildman–Crippen MR) is 109 cm³/mol. The second kappa shape index (κ2) is 8.36. The van der Waals surface area contributed by atoms with Crippen molar-refractivity contribution in [3.63, 3.8) is 0 Å². The monoisotopic (exact) mass is 361 g/mol. The summed E-state index contributed by atoms with van der Waals surface area (Å²) >= 11 is 0. The van der Waals surface area contributed by atoms with E-state index in [1.54, 1.807) is 19.4 Å². The summed E-state index contributed by atoms with van der Waals surface area (Å²) in [6, 6.07) is 19.4. The Morgan fingerprint density at radius 3 is 2.48 bits per heavy atom. The van der Waals surface area contributed by atoms with E-state index < -0.39 is 0 Å². The van der Waals surface area contributed by atoms with Gasteiger partial charge in [-0.3, -0.25) is 4.79 Å². The molecule has 0 saturated carbocycles. The van der Waals surface area contributed by atoms with Crippen LogP contribution in [-0.4, -0.2) is 24.5 Å². The number of amides is 1. The van der Waals surface area contributed by atoms with Crippen LogP contribution in [0.25, 0.3) is 0 Å². The maximum Gasteiger partial charge on any atom is 0.274 e. The minimum atomic E-state index is -0.270. The molecule has 0 fully saturated rings. The molecule has 3 aromatic rings. The number of methoxy groups -OCH3 is 1. The van der Waals surface area contributed by atoms with Crippen LogP contribution in [0.2, 0.25) is 0 Å². The van der Waals surface area contributed by atoms with Crippen molar-refractivity contribution < 1.29 is 9.53 Å². The first kappa shape index (κ1) is 18.5. The van der Waals surface area contributed by atoms with E-state index in [0.717, 1.165) is 23.5 Å². The van der Waals surface area contributed by atoms with Crippen LogP contribution >= 0.6 is 0 Å². The standard InChI is InChI=1S/C22H23N3O2/c1-4-25(17-8-6-5-7-9-17)18-11-12-19(23-15-18)22(26)24-20-14-16(2)10-13-21(20)27-3/h5-15H,4H2,1-3H3,(H,24,26). The second-order valence-corrected chi connectivity index (χ2v) is 6.14. The summed E-state index contributed by atoms with van der Waals surface area (Å²) in [7, 11) is 1.58. The molecule has 1 N–H and O–H groups in total. The van der Waals surface area contributed by atoms with Crippen LogP contribution in [0.1, 0.15) is 23.0 Å². The molecule has 0 saturated heterocycles. The molecule has 0 bridgehead atoms. The van der Waals surface area contributed by atoms with Gasteiger partial charge >= 0.3 is 0 Å². The molecular formula is C22H23N3O2. The largest absolute Gasteiger partial charge is 0.495 e. The van der Waals surface area contributed by atoms with Crippen molar-refractivity contribution >= 4 is 23.0 Å². The highest BCUT2D eigenvalue weighted by molar-refractivity contribution is 6.03. The molecule has 0 spiro atoms. The molecule has 0 unspecified atom stereocenters. The zero-order valence-corrected chi connectivity index (χ0v) is 15.8. The third-order valence-corrected chi connectivity index (χ3v) is 4.28. The minimum absolute atomic E-state index is 0.270. The second-order valence-electron chi connectivity index (χ2n) is 6.14. The first-order valence-electron chi connectivity index (χ1n) is 8.87. The van der Waals surface area contributed by atoms with Crippen LogP contribution in [0.3, 0.4) is 0 Å². The average Bonchev–Trinajstić information content (AvgIpc) is 2.70. The molecule has 1 heterocycles. The van der Waals surface area contributed by atoms with E-state index in [1.165, 1.54) is 0 Å². The predicted octanol–water partition coefficient (Wildman–Crippen LogP) is 4.81. The fourth-order valence-electron chi connectivity index (χ4n) is 2.91. The Morgan fingerprint density at radius 2 is 1.85 bits per heavy atom. The van der Waals surface area contributed by atoms with E-state index in [-0.39, 0.29) is 5.91 Å². The van der Waals surface area contributed by atoms with Crippen molar-refractivity contribution in [1.29, 1.82) is 0 Å². The Morgan fingerprint density at radius 1 is 1.07 bits per heavy atom. The van der Waals surface area contributed by atoms with Crippen molar-refractivity contribution in [2.75, 3.05) is 23.9 Å². The van der Waals surface area contributed by atoms with Crippen molar-refractivity contribution in [3.8, 4) is 5.75 Å². The highest BCUT2D eigenvalue weighted by atomic mass is 16.5. The van der Waals surface area contributed by atoms with Gasteiger partial charge < -0.3 is 15.0 Å². The van der Waals surface area contributed by atoms with E-state index in [1.807, 2.05) is 61.5 Å². The van der Waals surface area contributed by atoms with Gasteiger partial charge in [0.2, 0.25) is 0 Å². The number of hydrogen-bond donors (Lipinski definition) is 1. The van der Waals surface area contributed by atoms with Crippen LogP contribution in [0.5, 0.6) is 5.75 Å². The zero-order valence-electron chi connectivity index (χ0n) is 15.8. The summed E-state index contributed by atoms with van der Waals surface area (Å²) in [6.07, 6.45) is 1.72. The van der Waals surface area contributed by atoms with E-state index in [0.29, 0.717) is 17.1 Å². The maximum absolute atomic E-state index is 12.6. The summed E-state index contributed by atoms with van der Waals surface area (Å²) in [4.78, 5) is 19.1. The number of benzene rings is 2. The van der Waals surface area contributed by atoms with Gasteiger partial charge in [-0.2, -0.15) is 0 Å². The Bertz CT molecular complexity index is 909. The van der Waals surface area contributed by atoms with Gasteiger partial charge in [0.15, 0.2) is 0 Å². The minimum Gasteiger partial charge on any atom is -0.495 e. The Balaban J connectivity index is 1.79. The number of nitrogens with zero attached hydrogens (tertiary/aromatic N) is 2. The molecule has 0 aliphatic heterocycles. The number of anilines is 3. The van der Waals surface area contributed by atoms with Crippen molar-refractivity contribution in [2.45, 2.75) is 13.8 Å². The van der Waals surface area contributed by atoms with Crippen molar-refractivity contribution in [1.82, 2.24) is 4.98 Å². The first-order chi connectivity index (χ1) is 13.1. The summed E-state index contributed by atoms with van der Waals surface area (Å²) in [5.41, 5.74) is 4.05. The number of nitrogens with one attached hydrogen (secondary N) is 1. The molecular weight excluding hydrogens is 338 g/mol. The number of ether oxygens (including phenoxy) is 1. The molecule has 5 nitrogen and oxygen atoms in total. The third-order valence-electron chi connectivity index (χ3n) is 4.28. The number of pyridine rings is 1. The lowest BCUT2D eigenvalue weighted by atomic mass is 10.2. The molecule has 2 aromatic carbocycles. The van der Waals surface area contributed by atoms with Crippen LogP contribution < -0.4 is 15.0 Å². The van der Waals surface area contributed by atoms with Gasteiger partial charge in [0, 0.05) is 12.2 Å². The molecule has 3 rings (SSSR count). The van der Waals surface area contributed by atoms with E-state index in [2.05, 4.69) is 22.1 Å². The molecule has 5 heteroatoms. The molecule has 0 aliphatic rings. The quantitative estimate of drug-likeness (QED) is 0.685. The number of para-hydroxylation sites is 1. The lowest BCUT2D eigenvalue weighted by Crippen LogP contribution is -2.18. The van der Waals surface area contributed by atoms with Crippen LogP contribution in [0.4, 0.5) is 17.1 Å². The third kappa shape index (κ3) is 4.26. The number of carbonyl (C=O) groups is 1. The summed E-state index contributed by atoms with van der Waals surface area (Å²) in [6.45, 7) is 4.85. The number of aromatic nitrogens is 1. The fourth-order valence-corrected chi connectivity index (χ4v) is 2.91. The van der Waals surface area contributed by atoms with Gasteiger partial charge in [-0.05, 0) is 55.8 Å². The number of hydrogen-bond acceptors (Lipinski definition) is 4. The van der Waals surface area contributed by atoms with E-state index >= 15 is 0 Å². The van der Waals surface area contributed by atoms with Gasteiger partial charge in [0.1, 0.15) is 11.4 Å². The lowest BCUT2D eigenvalue weighted by molar-refractivity contribution is 0.102. The lowest BCUT2D eigenvalue weighted by Gasteiger charge is -2.23. The summed E-state index contributed by atoms with van der Waals surface area (Å²) < 4.78 is 5.31. The smallest absolute Gasteiger partial charge is 0.274 e. The fraction of sp³-hybridized carbons (Fsp3) is 0.182. The number of carbonyl (C=O) groups excluding carboxylic acids is 1. The van der Waals surface area contributed by atoms with Gasteiger partial charge in [0.25, 0.3) is 5.91 Å². The summed E-state index contributed by atoms with van der Waals surface area (Å²) in [5.74, 6) is 0.347. The number of aryl methyl sites for hydroxylation is 1. The zero-order chi connectivity index (χ0) is 19.2. The SMILES string of the molecule is CCN(c1ccccc1)c1ccc(C(=O)Nc2cc(C)ccc2OC)nc1. The van der Waals surface area contributed by atoms with Crippen molar-refractivity contribution in [3.05, 3.63) is 78.1 Å². The number of rotatable bonds is 6. The van der Waals surface area contributed by atoms with Gasteiger partial charge in [-0.25, -0.2) is 4.98 Å². The highest BCUT2D eigenvalue weighted by Crippen LogP contribution is 2.27. The molecule has 0 radical (unpaired) electrons. The van der Waals surface area contributed by atoms with Crippen molar-refractivity contribution in [2.24, 2.45) is 0 Å². The Hall–Kier alpha value is -3.34. The van der Waals surface area contributed by atoms with Crippen LogP contribution in [0, 0.1) is 6.92 Å². The van der Waals surface area contributed by atoms with Gasteiger partial charge in [0.05, 0.1) is 24.7 Å². The van der Waals surface area contributed by atoms with Crippen LogP contribution in [0.15, 0.2) is 66.9 Å². The van der Waals surface area contributed by atoms with E-state index in [9.17, 15) is 4.79 Å². The van der Waals surface area contributed by atoms with Gasteiger partial charge in [-0.15, -0.1) is 0 Å². The molecule has 1 amide bonds. The van der Waals surface area contributed by atoms with Gasteiger partial charge in [-0.1, -0.05) is 24.3 Å². The molecule has 1 aromatic heterocycles. The summed E-state index contributed by atoms with van der Waals surface area (Å²) in [5, 5.41) is 2.87. The van der Waals surface area contributed by atoms with E-state index in [4.69, 9.17) is 4.74 Å². The highest BCUT2D eigenvalue weighted by Gasteiger charge is 2.13. The topological polar surface area (TPSA) is 54.5 Å². The molecule has 27 heavy (non-hydrogen) atoms. The molecule has 138 valence electrons.